The van der Waals surface area contributed by atoms with E-state index < -0.39 is 6.29 Å². The zero-order valence-corrected chi connectivity index (χ0v) is 20.5. The van der Waals surface area contributed by atoms with E-state index in [1.807, 2.05) is 74.5 Å². The maximum Gasteiger partial charge on any atom is 0.253 e. The Balaban J connectivity index is 1.36. The number of benzene rings is 2. The van der Waals surface area contributed by atoms with E-state index in [4.69, 9.17) is 18.9 Å². The third-order valence-corrected chi connectivity index (χ3v) is 5.59. The molecular weight excluding hydrogens is 446 g/mol. The molecule has 1 heterocycles. The SMILES string of the molecule is CC(CCN1C(=O)C=CC1=O)OCC(C)OCCC(OCc1ccccc1)OCc1ccccc1. The summed E-state index contributed by atoms with van der Waals surface area (Å²) in [7, 11) is 0. The van der Waals surface area contributed by atoms with Crippen molar-refractivity contribution in [1.82, 2.24) is 4.90 Å². The number of carbonyl (C=O) groups is 2. The second kappa shape index (κ2) is 14.5. The van der Waals surface area contributed by atoms with Gasteiger partial charge in [-0.15, -0.1) is 0 Å². The largest absolute Gasteiger partial charge is 0.376 e. The van der Waals surface area contributed by atoms with Gasteiger partial charge in [0.2, 0.25) is 0 Å². The predicted molar refractivity (Wildman–Crippen MR) is 132 cm³/mol. The fraction of sp³-hybridized carbons (Fsp3) is 0.429. The van der Waals surface area contributed by atoms with E-state index in [-0.39, 0.29) is 24.0 Å². The first-order chi connectivity index (χ1) is 17.0. The van der Waals surface area contributed by atoms with E-state index in [2.05, 4.69) is 0 Å². The molecule has 1 aliphatic heterocycles. The Kier molecular flexibility index (Phi) is 11.1. The zero-order valence-electron chi connectivity index (χ0n) is 20.5. The molecule has 0 bridgehead atoms. The van der Waals surface area contributed by atoms with Crippen LogP contribution in [0.3, 0.4) is 0 Å². The molecule has 0 aromatic heterocycles. The first-order valence-electron chi connectivity index (χ1n) is 12.1. The minimum Gasteiger partial charge on any atom is -0.376 e. The van der Waals surface area contributed by atoms with E-state index in [9.17, 15) is 9.59 Å². The Labute approximate surface area is 207 Å². The van der Waals surface area contributed by atoms with Gasteiger partial charge in [-0.1, -0.05) is 60.7 Å². The highest BCUT2D eigenvalue weighted by atomic mass is 16.7. The van der Waals surface area contributed by atoms with Gasteiger partial charge in [-0.3, -0.25) is 14.5 Å². The van der Waals surface area contributed by atoms with Crippen LogP contribution in [-0.2, 0) is 41.8 Å². The molecule has 35 heavy (non-hydrogen) atoms. The van der Waals surface area contributed by atoms with Gasteiger partial charge in [0.1, 0.15) is 0 Å². The van der Waals surface area contributed by atoms with Crippen molar-refractivity contribution in [3.63, 3.8) is 0 Å². The van der Waals surface area contributed by atoms with Gasteiger partial charge in [0.15, 0.2) is 6.29 Å². The number of imide groups is 1. The van der Waals surface area contributed by atoms with Crippen LogP contribution in [0.2, 0.25) is 0 Å². The molecule has 0 fully saturated rings. The summed E-state index contributed by atoms with van der Waals surface area (Å²) in [5, 5.41) is 0. The topological polar surface area (TPSA) is 74.3 Å². The summed E-state index contributed by atoms with van der Waals surface area (Å²) in [5.74, 6) is -0.533. The van der Waals surface area contributed by atoms with Gasteiger partial charge in [-0.2, -0.15) is 0 Å². The van der Waals surface area contributed by atoms with Gasteiger partial charge in [0.05, 0.1) is 38.6 Å². The smallest absolute Gasteiger partial charge is 0.253 e. The van der Waals surface area contributed by atoms with Crippen LogP contribution in [0, 0.1) is 0 Å². The molecule has 0 radical (unpaired) electrons. The lowest BCUT2D eigenvalue weighted by Gasteiger charge is -2.22. The fourth-order valence-electron chi connectivity index (χ4n) is 3.50. The summed E-state index contributed by atoms with van der Waals surface area (Å²) in [5.41, 5.74) is 2.18. The number of ether oxygens (including phenoxy) is 4. The maximum atomic E-state index is 11.6. The van der Waals surface area contributed by atoms with E-state index in [0.29, 0.717) is 45.8 Å². The molecule has 0 N–H and O–H groups in total. The van der Waals surface area contributed by atoms with Crippen LogP contribution in [0.25, 0.3) is 0 Å². The Morgan fingerprint density at radius 3 is 1.77 bits per heavy atom. The molecule has 0 aliphatic carbocycles. The average Bonchev–Trinajstić information content (AvgIpc) is 3.20. The quantitative estimate of drug-likeness (QED) is 0.263. The van der Waals surface area contributed by atoms with Crippen molar-refractivity contribution >= 4 is 11.8 Å². The maximum absolute atomic E-state index is 11.6. The summed E-state index contributed by atoms with van der Waals surface area (Å²) in [6.45, 7) is 6.05. The molecule has 2 aromatic rings. The van der Waals surface area contributed by atoms with Crippen LogP contribution in [-0.4, -0.2) is 55.0 Å². The molecule has 0 spiro atoms. The zero-order chi connectivity index (χ0) is 24.9. The second-order valence-electron chi connectivity index (χ2n) is 8.59. The highest BCUT2D eigenvalue weighted by Crippen LogP contribution is 2.12. The first-order valence-corrected chi connectivity index (χ1v) is 12.1. The highest BCUT2D eigenvalue weighted by molar-refractivity contribution is 6.12. The van der Waals surface area contributed by atoms with Crippen LogP contribution in [0.4, 0.5) is 0 Å². The normalized spacial score (nSPS) is 15.2. The van der Waals surface area contributed by atoms with Crippen LogP contribution in [0.5, 0.6) is 0 Å². The lowest BCUT2D eigenvalue weighted by atomic mass is 10.2. The summed E-state index contributed by atoms with van der Waals surface area (Å²) in [6.07, 6.45) is 3.15. The average molecular weight is 482 g/mol. The Hall–Kier alpha value is -2.84. The van der Waals surface area contributed by atoms with Gasteiger partial charge < -0.3 is 18.9 Å². The van der Waals surface area contributed by atoms with Crippen molar-refractivity contribution in [3.8, 4) is 0 Å². The Bertz CT molecular complexity index is 871. The summed E-state index contributed by atoms with van der Waals surface area (Å²) < 4.78 is 23.8. The van der Waals surface area contributed by atoms with Gasteiger partial charge in [0.25, 0.3) is 11.8 Å². The van der Waals surface area contributed by atoms with E-state index in [1.165, 1.54) is 17.1 Å². The first kappa shape index (κ1) is 26.8. The second-order valence-corrected chi connectivity index (χ2v) is 8.59. The molecule has 2 aromatic carbocycles. The molecule has 0 saturated carbocycles. The predicted octanol–water partition coefficient (Wildman–Crippen LogP) is 4.26. The summed E-state index contributed by atoms with van der Waals surface area (Å²) in [4.78, 5) is 24.5. The van der Waals surface area contributed by atoms with Gasteiger partial charge in [-0.05, 0) is 31.4 Å². The molecule has 2 amide bonds. The summed E-state index contributed by atoms with van der Waals surface area (Å²) in [6, 6.07) is 20.0. The van der Waals surface area contributed by atoms with E-state index in [1.54, 1.807) is 0 Å². The number of amides is 2. The van der Waals surface area contributed by atoms with Gasteiger partial charge >= 0.3 is 0 Å². The highest BCUT2D eigenvalue weighted by Gasteiger charge is 2.23. The van der Waals surface area contributed by atoms with Gasteiger partial charge in [-0.25, -0.2) is 0 Å². The number of nitrogens with zero attached hydrogens (tertiary/aromatic N) is 1. The standard InChI is InChI=1S/C28H35NO6/c1-22(15-17-29-26(30)13-14-27(29)31)33-19-23(2)32-18-16-28(34-20-24-9-5-3-6-10-24)35-21-25-11-7-4-8-12-25/h3-14,22-23,28H,15-21H2,1-2H3. The number of rotatable bonds is 16. The molecule has 188 valence electrons. The van der Waals surface area contributed by atoms with Crippen LogP contribution >= 0.6 is 0 Å². The molecule has 3 rings (SSSR count). The van der Waals surface area contributed by atoms with Crippen LogP contribution < -0.4 is 0 Å². The number of hydrogen-bond acceptors (Lipinski definition) is 6. The third-order valence-electron chi connectivity index (χ3n) is 5.59. The van der Waals surface area contributed by atoms with Crippen molar-refractivity contribution in [2.24, 2.45) is 0 Å². The Morgan fingerprint density at radius 1 is 0.686 bits per heavy atom. The third kappa shape index (κ3) is 9.74. The summed E-state index contributed by atoms with van der Waals surface area (Å²) >= 11 is 0. The van der Waals surface area contributed by atoms with Crippen molar-refractivity contribution in [2.45, 2.75) is 58.4 Å². The van der Waals surface area contributed by atoms with E-state index in [0.717, 1.165) is 11.1 Å². The lowest BCUT2D eigenvalue weighted by molar-refractivity contribution is -0.169. The lowest BCUT2D eigenvalue weighted by Crippen LogP contribution is -2.33. The molecule has 7 heteroatoms. The molecule has 2 unspecified atom stereocenters. The molecule has 1 aliphatic rings. The van der Waals surface area contributed by atoms with Crippen molar-refractivity contribution in [2.75, 3.05) is 19.8 Å². The fourth-order valence-corrected chi connectivity index (χ4v) is 3.50. The monoisotopic (exact) mass is 481 g/mol. The van der Waals surface area contributed by atoms with Gasteiger partial charge in [0, 0.05) is 25.1 Å². The van der Waals surface area contributed by atoms with E-state index >= 15 is 0 Å². The van der Waals surface area contributed by atoms with Crippen molar-refractivity contribution in [1.29, 1.82) is 0 Å². The molecular formula is C28H35NO6. The van der Waals surface area contributed by atoms with Crippen molar-refractivity contribution < 1.29 is 28.5 Å². The number of carbonyl (C=O) groups excluding carboxylic acids is 2. The van der Waals surface area contributed by atoms with Crippen LogP contribution in [0.1, 0.15) is 37.8 Å². The van der Waals surface area contributed by atoms with Crippen molar-refractivity contribution in [3.05, 3.63) is 83.9 Å². The molecule has 2 atom stereocenters. The Morgan fingerprint density at radius 2 is 1.23 bits per heavy atom. The van der Waals surface area contributed by atoms with Crippen LogP contribution in [0.15, 0.2) is 72.8 Å². The minimum absolute atomic E-state index is 0.0987. The molecule has 7 nitrogen and oxygen atoms in total. The number of hydrogen-bond donors (Lipinski definition) is 0. The minimum atomic E-state index is -0.397. The molecule has 0 saturated heterocycles.